The van der Waals surface area contributed by atoms with Crippen LogP contribution in [-0.4, -0.2) is 11.9 Å². The van der Waals surface area contributed by atoms with E-state index in [-0.39, 0.29) is 11.8 Å². The molecule has 0 aromatic heterocycles. The van der Waals surface area contributed by atoms with E-state index in [2.05, 4.69) is 5.32 Å². The predicted octanol–water partition coefficient (Wildman–Crippen LogP) is 1.50. The zero-order valence-corrected chi connectivity index (χ0v) is 12.8. The number of carbonyl (C=O) groups excluding carboxylic acids is 2. The minimum absolute atomic E-state index is 0.0752. The van der Waals surface area contributed by atoms with Crippen molar-refractivity contribution in [3.05, 3.63) is 35.9 Å². The molecule has 2 atom stereocenters. The maximum absolute atomic E-state index is 12.4. The molecule has 4 heteroatoms. The highest BCUT2D eigenvalue weighted by Gasteiger charge is 2.54. The minimum Gasteiger partial charge on any atom is -0.550 e. The Labute approximate surface area is 125 Å². The molecule has 0 saturated heterocycles. The molecule has 1 fully saturated rings. The fourth-order valence-corrected chi connectivity index (χ4v) is 3.23. The molecule has 1 aromatic carbocycles. The zero-order chi connectivity index (χ0) is 15.7. The summed E-state index contributed by atoms with van der Waals surface area (Å²) in [6, 6.07) is 9.68. The lowest BCUT2D eigenvalue weighted by atomic mass is 9.65. The summed E-state index contributed by atoms with van der Waals surface area (Å²) in [5.74, 6) is -1.44. The van der Waals surface area contributed by atoms with Gasteiger partial charge in [0.1, 0.15) is 0 Å². The van der Waals surface area contributed by atoms with Crippen LogP contribution in [0.15, 0.2) is 30.3 Å². The van der Waals surface area contributed by atoms with Crippen molar-refractivity contribution in [2.45, 2.75) is 40.2 Å². The molecule has 0 spiro atoms. The van der Waals surface area contributed by atoms with Crippen molar-refractivity contribution in [2.24, 2.45) is 16.7 Å². The van der Waals surface area contributed by atoms with E-state index in [1.165, 1.54) is 0 Å². The van der Waals surface area contributed by atoms with E-state index in [1.54, 1.807) is 6.92 Å². The fourth-order valence-electron chi connectivity index (χ4n) is 3.23. The molecule has 1 aliphatic rings. The number of carboxylic acids is 1. The number of benzene rings is 1. The van der Waals surface area contributed by atoms with Crippen molar-refractivity contribution in [2.75, 3.05) is 0 Å². The lowest BCUT2D eigenvalue weighted by molar-refractivity contribution is -0.323. The predicted molar refractivity (Wildman–Crippen MR) is 77.9 cm³/mol. The first-order valence-electron chi connectivity index (χ1n) is 7.32. The van der Waals surface area contributed by atoms with Crippen LogP contribution in [0.3, 0.4) is 0 Å². The average molecular weight is 288 g/mol. The van der Waals surface area contributed by atoms with Gasteiger partial charge in [0, 0.05) is 23.8 Å². The first-order chi connectivity index (χ1) is 9.79. The third-order valence-corrected chi connectivity index (χ3v) is 5.30. The third-order valence-electron chi connectivity index (χ3n) is 5.30. The van der Waals surface area contributed by atoms with Gasteiger partial charge < -0.3 is 15.2 Å². The summed E-state index contributed by atoms with van der Waals surface area (Å²) in [7, 11) is 0. The Morgan fingerprint density at radius 2 is 1.86 bits per heavy atom. The molecule has 0 heterocycles. The monoisotopic (exact) mass is 288 g/mol. The Morgan fingerprint density at radius 3 is 2.38 bits per heavy atom. The van der Waals surface area contributed by atoms with Gasteiger partial charge >= 0.3 is 0 Å². The Hall–Kier alpha value is -1.84. The maximum atomic E-state index is 12.4. The zero-order valence-electron chi connectivity index (χ0n) is 12.8. The highest BCUT2D eigenvalue weighted by atomic mass is 16.4. The number of hydrogen-bond acceptors (Lipinski definition) is 3. The molecule has 1 saturated carbocycles. The molecule has 1 amide bonds. The number of amides is 1. The van der Waals surface area contributed by atoms with E-state index in [0.29, 0.717) is 19.4 Å². The second-order valence-corrected chi connectivity index (χ2v) is 6.64. The molecule has 2 rings (SSSR count). The van der Waals surface area contributed by atoms with Gasteiger partial charge in [-0.25, -0.2) is 0 Å². The van der Waals surface area contributed by atoms with Crippen LogP contribution in [-0.2, 0) is 16.1 Å². The highest BCUT2D eigenvalue weighted by molar-refractivity contribution is 5.83. The van der Waals surface area contributed by atoms with Crippen LogP contribution in [0.1, 0.15) is 39.2 Å². The number of aliphatic carboxylic acids is 1. The lowest BCUT2D eigenvalue weighted by Gasteiger charge is -2.41. The second-order valence-electron chi connectivity index (χ2n) is 6.64. The molecule has 1 N–H and O–H groups in total. The van der Waals surface area contributed by atoms with Crippen molar-refractivity contribution in [3.63, 3.8) is 0 Å². The van der Waals surface area contributed by atoms with Crippen LogP contribution in [0, 0.1) is 16.7 Å². The summed E-state index contributed by atoms with van der Waals surface area (Å²) in [6.45, 7) is 5.85. The summed E-state index contributed by atoms with van der Waals surface area (Å²) in [5, 5.41) is 14.4. The summed E-state index contributed by atoms with van der Waals surface area (Å²) in [5.41, 5.74) is -0.543. The van der Waals surface area contributed by atoms with Gasteiger partial charge in [-0.05, 0) is 23.8 Å². The van der Waals surface area contributed by atoms with E-state index in [4.69, 9.17) is 0 Å². The standard InChI is InChI=1S/C17H23NO3/c1-16(2)13(9-10-17(16,3)15(20)21)14(19)18-11-12-7-5-4-6-8-12/h4-8,13H,9-11H2,1-3H3,(H,18,19)(H,20,21)/p-1. The van der Waals surface area contributed by atoms with Crippen LogP contribution in [0.5, 0.6) is 0 Å². The van der Waals surface area contributed by atoms with E-state index >= 15 is 0 Å². The van der Waals surface area contributed by atoms with Gasteiger partial charge in [0.15, 0.2) is 0 Å². The van der Waals surface area contributed by atoms with E-state index in [0.717, 1.165) is 5.56 Å². The molecule has 0 bridgehead atoms. The smallest absolute Gasteiger partial charge is 0.223 e. The molecule has 4 nitrogen and oxygen atoms in total. The number of carboxylic acid groups (broad SMARTS) is 1. The van der Waals surface area contributed by atoms with Gasteiger partial charge in [0.2, 0.25) is 5.91 Å². The molecule has 1 aliphatic carbocycles. The number of rotatable bonds is 4. The fraction of sp³-hybridized carbons (Fsp3) is 0.529. The summed E-state index contributed by atoms with van der Waals surface area (Å²) in [4.78, 5) is 23.9. The van der Waals surface area contributed by atoms with E-state index in [9.17, 15) is 14.7 Å². The Balaban J connectivity index is 2.05. The summed E-state index contributed by atoms with van der Waals surface area (Å²) >= 11 is 0. The highest BCUT2D eigenvalue weighted by Crippen LogP contribution is 2.55. The van der Waals surface area contributed by atoms with Gasteiger partial charge in [-0.1, -0.05) is 51.1 Å². The van der Waals surface area contributed by atoms with Gasteiger partial charge in [0.05, 0.1) is 0 Å². The largest absolute Gasteiger partial charge is 0.550 e. The van der Waals surface area contributed by atoms with Crippen LogP contribution >= 0.6 is 0 Å². The minimum atomic E-state index is -1.06. The number of hydrogen-bond donors (Lipinski definition) is 1. The van der Waals surface area contributed by atoms with Crippen molar-refractivity contribution in [3.8, 4) is 0 Å². The lowest BCUT2D eigenvalue weighted by Crippen LogP contribution is -2.50. The summed E-state index contributed by atoms with van der Waals surface area (Å²) < 4.78 is 0. The van der Waals surface area contributed by atoms with Crippen molar-refractivity contribution in [1.29, 1.82) is 0 Å². The SMILES string of the molecule is CC1(C(=O)[O-])CCC(C(=O)NCc2ccccc2)C1(C)C. The maximum Gasteiger partial charge on any atom is 0.223 e. The van der Waals surface area contributed by atoms with Crippen LogP contribution in [0.25, 0.3) is 0 Å². The topological polar surface area (TPSA) is 69.2 Å². The Kier molecular flexibility index (Phi) is 4.08. The van der Waals surface area contributed by atoms with Gasteiger partial charge in [0.25, 0.3) is 0 Å². The van der Waals surface area contributed by atoms with Crippen molar-refractivity contribution >= 4 is 11.9 Å². The third kappa shape index (κ3) is 2.67. The van der Waals surface area contributed by atoms with Crippen molar-refractivity contribution < 1.29 is 14.7 Å². The molecule has 1 aromatic rings. The Morgan fingerprint density at radius 1 is 1.24 bits per heavy atom. The van der Waals surface area contributed by atoms with Gasteiger partial charge in [-0.15, -0.1) is 0 Å². The molecule has 0 aliphatic heterocycles. The molecule has 114 valence electrons. The average Bonchev–Trinajstić information content (AvgIpc) is 2.69. The van der Waals surface area contributed by atoms with Gasteiger partial charge in [-0.3, -0.25) is 4.79 Å². The first kappa shape index (κ1) is 15.5. The molecular formula is C17H22NO3-. The Bertz CT molecular complexity index is 538. The number of carbonyl (C=O) groups is 2. The van der Waals surface area contributed by atoms with Crippen molar-refractivity contribution in [1.82, 2.24) is 5.32 Å². The molecular weight excluding hydrogens is 266 g/mol. The van der Waals surface area contributed by atoms with Crippen LogP contribution < -0.4 is 10.4 Å². The van der Waals surface area contributed by atoms with Gasteiger partial charge in [-0.2, -0.15) is 0 Å². The summed E-state index contributed by atoms with van der Waals surface area (Å²) in [6.07, 6.45) is 1.06. The molecule has 21 heavy (non-hydrogen) atoms. The number of nitrogens with one attached hydrogen (secondary N) is 1. The van der Waals surface area contributed by atoms with E-state index < -0.39 is 16.8 Å². The van der Waals surface area contributed by atoms with Crippen LogP contribution in [0.2, 0.25) is 0 Å². The normalized spacial score (nSPS) is 27.3. The molecule has 0 radical (unpaired) electrons. The first-order valence-corrected chi connectivity index (χ1v) is 7.32. The van der Waals surface area contributed by atoms with E-state index in [1.807, 2.05) is 44.2 Å². The van der Waals surface area contributed by atoms with Crippen LogP contribution in [0.4, 0.5) is 0 Å². The quantitative estimate of drug-likeness (QED) is 0.912. The second kappa shape index (κ2) is 5.51. The molecule has 2 unspecified atom stereocenters.